The highest BCUT2D eigenvalue weighted by Crippen LogP contribution is 2.37. The number of anilines is 2. The number of aromatic nitrogens is 3. The monoisotopic (exact) mass is 334 g/mol. The molecule has 20 heavy (non-hydrogen) atoms. The van der Waals surface area contributed by atoms with Gasteiger partial charge in [-0.15, -0.1) is 10.2 Å². The number of rotatable bonds is 4. The van der Waals surface area contributed by atoms with E-state index in [1.165, 1.54) is 14.2 Å². The average Bonchev–Trinajstić information content (AvgIpc) is 2.43. The second-order valence-electron chi connectivity index (χ2n) is 3.53. The molecule has 0 spiro atoms. The minimum absolute atomic E-state index is 0.0320. The average molecular weight is 336 g/mol. The SMILES string of the molecule is COc1cc(OC)c(Nc2nc(Cl)nnc2Cl)cc1Cl. The Kier molecular flexibility index (Phi) is 4.69. The molecule has 0 aliphatic heterocycles. The molecule has 0 saturated heterocycles. The zero-order valence-corrected chi connectivity index (χ0v) is 12.7. The quantitative estimate of drug-likeness (QED) is 0.921. The lowest BCUT2D eigenvalue weighted by atomic mass is 10.2. The Morgan fingerprint density at radius 2 is 1.70 bits per heavy atom. The molecule has 1 aromatic heterocycles. The van der Waals surface area contributed by atoms with Crippen LogP contribution in [-0.4, -0.2) is 29.4 Å². The molecule has 2 rings (SSSR count). The summed E-state index contributed by atoms with van der Waals surface area (Å²) in [4.78, 5) is 3.93. The summed E-state index contributed by atoms with van der Waals surface area (Å²) in [6.07, 6.45) is 0. The predicted molar refractivity (Wildman–Crippen MR) is 77.7 cm³/mol. The molecule has 1 aromatic carbocycles. The number of methoxy groups -OCH3 is 2. The molecule has 0 aliphatic rings. The molecule has 6 nitrogen and oxygen atoms in total. The van der Waals surface area contributed by atoms with Gasteiger partial charge in [0.05, 0.1) is 24.9 Å². The Hall–Kier alpha value is -1.50. The molecule has 1 heterocycles. The summed E-state index contributed by atoms with van der Waals surface area (Å²) in [6.45, 7) is 0. The summed E-state index contributed by atoms with van der Waals surface area (Å²) in [7, 11) is 3.03. The molecule has 1 N–H and O–H groups in total. The van der Waals surface area contributed by atoms with E-state index in [1.807, 2.05) is 0 Å². The van der Waals surface area contributed by atoms with Crippen molar-refractivity contribution in [2.24, 2.45) is 0 Å². The molecule has 0 radical (unpaired) electrons. The van der Waals surface area contributed by atoms with E-state index in [2.05, 4.69) is 20.5 Å². The van der Waals surface area contributed by atoms with Crippen LogP contribution in [0.2, 0.25) is 15.5 Å². The van der Waals surface area contributed by atoms with E-state index >= 15 is 0 Å². The number of ether oxygens (including phenoxy) is 2. The van der Waals surface area contributed by atoms with Gasteiger partial charge in [0, 0.05) is 6.07 Å². The first-order valence-electron chi connectivity index (χ1n) is 5.29. The molecule has 0 atom stereocenters. The van der Waals surface area contributed by atoms with Gasteiger partial charge in [0.15, 0.2) is 11.0 Å². The van der Waals surface area contributed by atoms with Crippen molar-refractivity contribution >= 4 is 46.3 Å². The van der Waals surface area contributed by atoms with Gasteiger partial charge in [-0.05, 0) is 17.7 Å². The van der Waals surface area contributed by atoms with Gasteiger partial charge in [0.25, 0.3) is 0 Å². The summed E-state index contributed by atoms with van der Waals surface area (Å²) < 4.78 is 10.4. The predicted octanol–water partition coefficient (Wildman–Crippen LogP) is 3.59. The van der Waals surface area contributed by atoms with Crippen LogP contribution in [0, 0.1) is 0 Å². The molecule has 0 amide bonds. The summed E-state index contributed by atoms with van der Waals surface area (Å²) in [5.41, 5.74) is 0.539. The normalized spacial score (nSPS) is 10.2. The maximum Gasteiger partial charge on any atom is 0.245 e. The van der Waals surface area contributed by atoms with Crippen LogP contribution in [0.25, 0.3) is 0 Å². The number of hydrogen-bond donors (Lipinski definition) is 1. The Bertz CT molecular complexity index is 639. The standard InChI is InChI=1S/C11H9Cl3N4O2/c1-19-7-4-8(20-2)6(3-5(7)12)15-10-9(13)17-18-11(14)16-10/h3-4H,1-2H3,(H,15,16,18). The van der Waals surface area contributed by atoms with Crippen molar-refractivity contribution in [3.63, 3.8) is 0 Å². The van der Waals surface area contributed by atoms with Crippen LogP contribution in [-0.2, 0) is 0 Å². The van der Waals surface area contributed by atoms with Crippen molar-refractivity contribution in [3.8, 4) is 11.5 Å². The van der Waals surface area contributed by atoms with Crippen LogP contribution in [0.3, 0.4) is 0 Å². The van der Waals surface area contributed by atoms with Crippen LogP contribution in [0.4, 0.5) is 11.5 Å². The minimum atomic E-state index is -0.0320. The molecular weight excluding hydrogens is 327 g/mol. The van der Waals surface area contributed by atoms with Gasteiger partial charge in [-0.2, -0.15) is 4.98 Å². The Morgan fingerprint density at radius 1 is 1.00 bits per heavy atom. The van der Waals surface area contributed by atoms with Gasteiger partial charge in [-0.3, -0.25) is 0 Å². The fourth-order valence-corrected chi connectivity index (χ4v) is 1.95. The molecule has 106 valence electrons. The van der Waals surface area contributed by atoms with Crippen LogP contribution in [0.1, 0.15) is 0 Å². The van der Waals surface area contributed by atoms with E-state index in [-0.39, 0.29) is 16.3 Å². The van der Waals surface area contributed by atoms with Crippen molar-refractivity contribution in [3.05, 3.63) is 27.6 Å². The summed E-state index contributed by atoms with van der Waals surface area (Å²) in [5.74, 6) is 1.22. The lowest BCUT2D eigenvalue weighted by molar-refractivity contribution is 0.396. The lowest BCUT2D eigenvalue weighted by Gasteiger charge is -2.13. The van der Waals surface area contributed by atoms with Gasteiger partial charge in [-0.1, -0.05) is 23.2 Å². The number of halogens is 3. The van der Waals surface area contributed by atoms with E-state index in [0.717, 1.165) is 0 Å². The highest BCUT2D eigenvalue weighted by molar-refractivity contribution is 6.33. The zero-order valence-electron chi connectivity index (χ0n) is 10.4. The molecule has 0 fully saturated rings. The number of nitrogens with one attached hydrogen (secondary N) is 1. The molecule has 0 bridgehead atoms. The van der Waals surface area contributed by atoms with Crippen LogP contribution >= 0.6 is 34.8 Å². The van der Waals surface area contributed by atoms with Crippen molar-refractivity contribution in [2.75, 3.05) is 19.5 Å². The fraction of sp³-hybridized carbons (Fsp3) is 0.182. The maximum atomic E-state index is 6.07. The number of nitrogens with zero attached hydrogens (tertiary/aromatic N) is 3. The molecule has 2 aromatic rings. The molecular formula is C11H9Cl3N4O2. The van der Waals surface area contributed by atoms with Gasteiger partial charge in [0.1, 0.15) is 11.5 Å². The first-order valence-corrected chi connectivity index (χ1v) is 6.42. The fourth-order valence-electron chi connectivity index (χ4n) is 1.46. The first kappa shape index (κ1) is 14.9. The molecule has 0 saturated carbocycles. The third-order valence-electron chi connectivity index (χ3n) is 2.35. The van der Waals surface area contributed by atoms with Crippen molar-refractivity contribution in [2.45, 2.75) is 0 Å². The van der Waals surface area contributed by atoms with Gasteiger partial charge < -0.3 is 14.8 Å². The lowest BCUT2D eigenvalue weighted by Crippen LogP contribution is -2.01. The third-order valence-corrected chi connectivity index (χ3v) is 3.06. The number of hydrogen-bond acceptors (Lipinski definition) is 6. The van der Waals surface area contributed by atoms with Crippen LogP contribution < -0.4 is 14.8 Å². The van der Waals surface area contributed by atoms with Crippen molar-refractivity contribution in [1.82, 2.24) is 15.2 Å². The largest absolute Gasteiger partial charge is 0.495 e. The third kappa shape index (κ3) is 3.15. The molecule has 9 heteroatoms. The highest BCUT2D eigenvalue weighted by Gasteiger charge is 2.13. The van der Waals surface area contributed by atoms with Crippen LogP contribution in [0.15, 0.2) is 12.1 Å². The summed E-state index contributed by atoms with van der Waals surface area (Å²) >= 11 is 17.6. The number of benzene rings is 1. The van der Waals surface area contributed by atoms with E-state index in [9.17, 15) is 0 Å². The van der Waals surface area contributed by atoms with E-state index in [0.29, 0.717) is 22.2 Å². The molecule has 0 aliphatic carbocycles. The second kappa shape index (κ2) is 6.30. The van der Waals surface area contributed by atoms with Gasteiger partial charge in [0.2, 0.25) is 5.28 Å². The van der Waals surface area contributed by atoms with Crippen LogP contribution in [0.5, 0.6) is 11.5 Å². The second-order valence-corrected chi connectivity index (χ2v) is 4.64. The smallest absolute Gasteiger partial charge is 0.245 e. The van der Waals surface area contributed by atoms with E-state index in [4.69, 9.17) is 44.3 Å². The van der Waals surface area contributed by atoms with Gasteiger partial charge in [-0.25, -0.2) is 0 Å². The Balaban J connectivity index is 2.42. The topological polar surface area (TPSA) is 69.2 Å². The summed E-state index contributed by atoms with van der Waals surface area (Å²) in [6, 6.07) is 3.25. The highest BCUT2D eigenvalue weighted by atomic mass is 35.5. The van der Waals surface area contributed by atoms with E-state index < -0.39 is 0 Å². The first-order chi connectivity index (χ1) is 9.55. The maximum absolute atomic E-state index is 6.07. The van der Waals surface area contributed by atoms with Gasteiger partial charge >= 0.3 is 0 Å². The van der Waals surface area contributed by atoms with E-state index in [1.54, 1.807) is 12.1 Å². The Morgan fingerprint density at radius 3 is 2.35 bits per heavy atom. The summed E-state index contributed by atoms with van der Waals surface area (Å²) in [5, 5.41) is 10.5. The Labute approximate surface area is 130 Å². The van der Waals surface area contributed by atoms with Crippen molar-refractivity contribution in [1.29, 1.82) is 0 Å². The minimum Gasteiger partial charge on any atom is -0.495 e. The molecule has 0 unspecified atom stereocenters. The zero-order chi connectivity index (χ0) is 14.7. The van der Waals surface area contributed by atoms with Crippen molar-refractivity contribution < 1.29 is 9.47 Å².